The second-order valence-corrected chi connectivity index (χ2v) is 7.12. The minimum absolute atomic E-state index is 0.0112. The smallest absolute Gasteiger partial charge is 0.311 e. The number of aromatic nitrogens is 1. The molecule has 3 N–H and O–H groups in total. The first-order chi connectivity index (χ1) is 10.9. The van der Waals surface area contributed by atoms with Gasteiger partial charge in [0.25, 0.3) is 10.0 Å². The molecule has 0 unspecified atom stereocenters. The Morgan fingerprint density at radius 2 is 2.04 bits per heavy atom. The predicted molar refractivity (Wildman–Crippen MR) is 87.6 cm³/mol. The lowest BCUT2D eigenvalue weighted by Crippen LogP contribution is -2.13. The molecule has 0 radical (unpaired) electrons. The molecule has 0 bridgehead atoms. The quantitative estimate of drug-likeness (QED) is 0.728. The van der Waals surface area contributed by atoms with Crippen LogP contribution in [-0.4, -0.2) is 26.0 Å². The van der Waals surface area contributed by atoms with Crippen LogP contribution < -0.4 is 10.5 Å². The van der Waals surface area contributed by atoms with Gasteiger partial charge in [-0.1, -0.05) is 12.1 Å². The summed E-state index contributed by atoms with van der Waals surface area (Å²) in [5, 5.41) is 1.82. The van der Waals surface area contributed by atoms with Crippen LogP contribution in [0.5, 0.6) is 0 Å². The van der Waals surface area contributed by atoms with Crippen LogP contribution in [0.15, 0.2) is 34.5 Å². The minimum atomic E-state index is -3.72. The van der Waals surface area contributed by atoms with E-state index in [1.807, 2.05) is 0 Å². The summed E-state index contributed by atoms with van der Waals surface area (Å²) in [6.07, 6.45) is 0.0112. The van der Waals surface area contributed by atoms with Crippen LogP contribution in [0.3, 0.4) is 0 Å². The Kier molecular flexibility index (Phi) is 5.69. The molecule has 1 heterocycles. The van der Waals surface area contributed by atoms with Crippen molar-refractivity contribution in [3.8, 4) is 0 Å². The number of nitrogens with two attached hydrogens (primary N) is 1. The van der Waals surface area contributed by atoms with Crippen molar-refractivity contribution in [1.82, 2.24) is 4.98 Å². The van der Waals surface area contributed by atoms with Crippen molar-refractivity contribution in [3.05, 3.63) is 40.9 Å². The molecule has 0 spiro atoms. The van der Waals surface area contributed by atoms with E-state index < -0.39 is 16.0 Å². The third-order valence-electron chi connectivity index (χ3n) is 2.87. The molecule has 2 aromatic rings. The summed E-state index contributed by atoms with van der Waals surface area (Å²) < 4.78 is 31.8. The van der Waals surface area contributed by atoms with Crippen LogP contribution in [0.25, 0.3) is 0 Å². The molecule has 9 heteroatoms. The van der Waals surface area contributed by atoms with Gasteiger partial charge in [0.05, 0.1) is 23.6 Å². The SMILES string of the molecule is CCOC(=O)Cc1csc(NS(=O)(=O)c2ccc(CN)cc2)n1. The lowest BCUT2D eigenvalue weighted by molar-refractivity contribution is -0.142. The standard InChI is InChI=1S/C14H17N3O4S2/c1-2-21-13(18)7-11-9-22-14(16-11)17-23(19,20)12-5-3-10(8-15)4-6-12/h3-6,9H,2,7-8,15H2,1H3,(H,16,17). The molecular formula is C14H17N3O4S2. The number of nitrogens with zero attached hydrogens (tertiary/aromatic N) is 1. The summed E-state index contributed by atoms with van der Waals surface area (Å²) in [7, 11) is -3.72. The normalized spacial score (nSPS) is 11.2. The van der Waals surface area contributed by atoms with Gasteiger partial charge in [0.2, 0.25) is 0 Å². The maximum absolute atomic E-state index is 12.3. The first-order valence-corrected chi connectivity index (χ1v) is 9.22. The molecule has 1 aromatic heterocycles. The summed E-state index contributed by atoms with van der Waals surface area (Å²) >= 11 is 1.11. The molecule has 0 aliphatic carbocycles. The highest BCUT2D eigenvalue weighted by Crippen LogP contribution is 2.21. The molecule has 0 atom stereocenters. The van der Waals surface area contributed by atoms with E-state index in [-0.39, 0.29) is 16.4 Å². The van der Waals surface area contributed by atoms with Gasteiger partial charge < -0.3 is 10.5 Å². The maximum Gasteiger partial charge on any atom is 0.311 e. The van der Waals surface area contributed by atoms with Gasteiger partial charge in [-0.15, -0.1) is 11.3 Å². The molecule has 2 rings (SSSR count). The Hall–Kier alpha value is -1.97. The Bertz CT molecular complexity index is 770. The number of hydrogen-bond donors (Lipinski definition) is 2. The van der Waals surface area contributed by atoms with Gasteiger partial charge >= 0.3 is 5.97 Å². The third-order valence-corrected chi connectivity index (χ3v) is 5.16. The van der Waals surface area contributed by atoms with Gasteiger partial charge in [-0.3, -0.25) is 9.52 Å². The number of thiazole rings is 1. The first-order valence-electron chi connectivity index (χ1n) is 6.86. The molecule has 7 nitrogen and oxygen atoms in total. The molecule has 0 fully saturated rings. The lowest BCUT2D eigenvalue weighted by Gasteiger charge is -2.05. The number of nitrogens with one attached hydrogen (secondary N) is 1. The molecule has 0 saturated carbocycles. The zero-order valence-corrected chi connectivity index (χ0v) is 14.1. The molecule has 23 heavy (non-hydrogen) atoms. The number of carbonyl (C=O) groups excluding carboxylic acids is 1. The first kappa shape index (κ1) is 17.4. The van der Waals surface area contributed by atoms with Crippen molar-refractivity contribution in [2.75, 3.05) is 11.3 Å². The Morgan fingerprint density at radius 1 is 1.35 bits per heavy atom. The van der Waals surface area contributed by atoms with Gasteiger partial charge in [-0.2, -0.15) is 0 Å². The number of sulfonamides is 1. The van der Waals surface area contributed by atoms with Gasteiger partial charge in [0.1, 0.15) is 0 Å². The van der Waals surface area contributed by atoms with Crippen LogP contribution in [-0.2, 0) is 32.5 Å². The van der Waals surface area contributed by atoms with Crippen LogP contribution in [0.4, 0.5) is 5.13 Å². The summed E-state index contributed by atoms with van der Waals surface area (Å²) in [4.78, 5) is 15.6. The van der Waals surface area contributed by atoms with Crippen molar-refractivity contribution < 1.29 is 17.9 Å². The zero-order chi connectivity index (χ0) is 16.9. The summed E-state index contributed by atoms with van der Waals surface area (Å²) in [5.41, 5.74) is 6.79. The number of ether oxygens (including phenoxy) is 1. The Labute approximate surface area is 138 Å². The zero-order valence-electron chi connectivity index (χ0n) is 12.5. The van der Waals surface area contributed by atoms with Gasteiger partial charge in [0, 0.05) is 11.9 Å². The molecule has 0 saturated heterocycles. The average molecular weight is 355 g/mol. The number of hydrogen-bond acceptors (Lipinski definition) is 7. The summed E-state index contributed by atoms with van der Waals surface area (Å²) in [6, 6.07) is 6.28. The Balaban J connectivity index is 2.08. The molecule has 0 aliphatic heterocycles. The number of carbonyl (C=O) groups is 1. The number of rotatable bonds is 7. The van der Waals surface area contributed by atoms with Crippen molar-refractivity contribution in [3.63, 3.8) is 0 Å². The van der Waals surface area contributed by atoms with Crippen LogP contribution >= 0.6 is 11.3 Å². The van der Waals surface area contributed by atoms with E-state index in [9.17, 15) is 13.2 Å². The highest BCUT2D eigenvalue weighted by molar-refractivity contribution is 7.93. The molecule has 124 valence electrons. The predicted octanol–water partition coefficient (Wildman–Crippen LogP) is 1.51. The van der Waals surface area contributed by atoms with Crippen molar-refractivity contribution in [2.24, 2.45) is 5.73 Å². The van der Waals surface area contributed by atoms with E-state index >= 15 is 0 Å². The topological polar surface area (TPSA) is 111 Å². The largest absolute Gasteiger partial charge is 0.466 e. The highest BCUT2D eigenvalue weighted by atomic mass is 32.2. The maximum atomic E-state index is 12.3. The summed E-state index contributed by atoms with van der Waals surface area (Å²) in [5.74, 6) is -0.399. The van der Waals surface area contributed by atoms with Crippen LogP contribution in [0.1, 0.15) is 18.2 Å². The van der Waals surface area contributed by atoms with Gasteiger partial charge in [-0.25, -0.2) is 13.4 Å². The van der Waals surface area contributed by atoms with Gasteiger partial charge in [0.15, 0.2) is 5.13 Å². The average Bonchev–Trinajstić information content (AvgIpc) is 2.93. The van der Waals surface area contributed by atoms with Crippen molar-refractivity contribution in [2.45, 2.75) is 24.8 Å². The number of esters is 1. The van der Waals surface area contributed by atoms with E-state index in [1.54, 1.807) is 24.4 Å². The molecule has 0 aliphatic rings. The van der Waals surface area contributed by atoms with E-state index in [1.165, 1.54) is 12.1 Å². The Morgan fingerprint density at radius 3 is 2.65 bits per heavy atom. The molecular weight excluding hydrogens is 338 g/mol. The van der Waals surface area contributed by atoms with Crippen LogP contribution in [0, 0.1) is 0 Å². The van der Waals surface area contributed by atoms with Crippen molar-refractivity contribution >= 4 is 32.5 Å². The number of benzene rings is 1. The van der Waals surface area contributed by atoms with Crippen molar-refractivity contribution in [1.29, 1.82) is 0 Å². The summed E-state index contributed by atoms with van der Waals surface area (Å²) in [6.45, 7) is 2.35. The minimum Gasteiger partial charge on any atom is -0.466 e. The second kappa shape index (κ2) is 7.53. The highest BCUT2D eigenvalue weighted by Gasteiger charge is 2.17. The fraction of sp³-hybridized carbons (Fsp3) is 0.286. The molecule has 0 amide bonds. The second-order valence-electron chi connectivity index (χ2n) is 4.58. The lowest BCUT2D eigenvalue weighted by atomic mass is 10.2. The van der Waals surface area contributed by atoms with E-state index in [0.29, 0.717) is 18.8 Å². The monoisotopic (exact) mass is 355 g/mol. The third kappa shape index (κ3) is 4.75. The van der Waals surface area contributed by atoms with Crippen LogP contribution in [0.2, 0.25) is 0 Å². The van der Waals surface area contributed by atoms with Gasteiger partial charge in [-0.05, 0) is 24.6 Å². The molecule has 1 aromatic carbocycles. The fourth-order valence-electron chi connectivity index (χ4n) is 1.77. The van der Waals surface area contributed by atoms with E-state index in [2.05, 4.69) is 9.71 Å². The van der Waals surface area contributed by atoms with E-state index in [4.69, 9.17) is 10.5 Å². The fourth-order valence-corrected chi connectivity index (χ4v) is 3.74. The number of anilines is 1. The van der Waals surface area contributed by atoms with E-state index in [0.717, 1.165) is 16.9 Å².